The standard InChI is InChI=1S/C51H73N9O8/c1-38(2)30-58(51(66)36-60(42-19-9-10-20-42)47(62)29-55-28-39-21-22-44-45(27-39)68-37-67-44)35-50(65)59(31-43(40-15-5-3-6-16-40)41-17-7-4-8-18-41)34-49(64)57(26-14-12-24-53)33-48(63)56(32-46(54)61)25-13-11-23-52/h3-8,15-18,21-22,27,38,42-43,55H,9-14,19-20,23-26,28-37,52-53H2,1-2H3,(H2,54,61). The van der Waals surface area contributed by atoms with Crippen LogP contribution >= 0.6 is 0 Å². The molecule has 0 spiro atoms. The SMILES string of the molecule is CC(C)CN(CC(=O)N(CC(=O)N(CCCCN)CC(=O)N(CCCCN)CC(N)=O)CC(c1ccccc1)c1ccccc1)C(=O)CN(C(=O)CNCc1ccc2c(c1)OCO2)C1CCCC1. The summed E-state index contributed by atoms with van der Waals surface area (Å²) in [6.45, 7) is 4.47. The smallest absolute Gasteiger partial charge is 0.242 e. The van der Waals surface area contributed by atoms with Crippen LogP contribution in [0.5, 0.6) is 11.5 Å². The highest BCUT2D eigenvalue weighted by atomic mass is 16.7. The number of hydrogen-bond acceptors (Lipinski definition) is 11. The van der Waals surface area contributed by atoms with Crippen molar-refractivity contribution >= 4 is 35.4 Å². The number of unbranched alkanes of at least 4 members (excludes halogenated alkanes) is 2. The summed E-state index contributed by atoms with van der Waals surface area (Å²) in [6, 6.07) is 24.9. The zero-order valence-electron chi connectivity index (χ0n) is 40.0. The number of primary amides is 1. The van der Waals surface area contributed by atoms with Crippen LogP contribution in [-0.2, 0) is 35.3 Å². The second kappa shape index (κ2) is 27.7. The zero-order chi connectivity index (χ0) is 48.8. The third kappa shape index (κ3) is 16.6. The molecule has 0 aromatic heterocycles. The summed E-state index contributed by atoms with van der Waals surface area (Å²) in [5, 5.41) is 3.24. The highest BCUT2D eigenvalue weighted by Crippen LogP contribution is 2.32. The first-order valence-electron chi connectivity index (χ1n) is 24.1. The van der Waals surface area contributed by atoms with E-state index in [2.05, 4.69) is 5.32 Å². The summed E-state index contributed by atoms with van der Waals surface area (Å²) in [6.07, 6.45) is 5.73. The summed E-state index contributed by atoms with van der Waals surface area (Å²) in [4.78, 5) is 91.4. The lowest BCUT2D eigenvalue weighted by atomic mass is 9.90. The van der Waals surface area contributed by atoms with Gasteiger partial charge in [0.15, 0.2) is 11.5 Å². The fourth-order valence-corrected chi connectivity index (χ4v) is 8.75. The lowest BCUT2D eigenvalue weighted by Gasteiger charge is -2.35. The van der Waals surface area contributed by atoms with Crippen LogP contribution in [-0.4, -0.2) is 151 Å². The van der Waals surface area contributed by atoms with E-state index in [1.807, 2.05) is 92.7 Å². The zero-order valence-corrected chi connectivity index (χ0v) is 40.0. The molecule has 0 saturated heterocycles. The number of carbonyl (C=O) groups excluding carboxylic acids is 6. The molecule has 2 aliphatic rings. The Morgan fingerprint density at radius 2 is 1.13 bits per heavy atom. The van der Waals surface area contributed by atoms with Crippen LogP contribution in [0.25, 0.3) is 0 Å². The van der Waals surface area contributed by atoms with Crippen molar-refractivity contribution in [2.45, 2.75) is 83.7 Å². The number of amides is 6. The predicted octanol–water partition coefficient (Wildman–Crippen LogP) is 3.04. The highest BCUT2D eigenvalue weighted by molar-refractivity contribution is 5.92. The van der Waals surface area contributed by atoms with Crippen LogP contribution in [0, 0.1) is 5.92 Å². The molecule has 1 saturated carbocycles. The van der Waals surface area contributed by atoms with Gasteiger partial charge in [0.2, 0.25) is 42.2 Å². The molecule has 0 atom stereocenters. The molecule has 68 heavy (non-hydrogen) atoms. The van der Waals surface area contributed by atoms with Gasteiger partial charge in [-0.3, -0.25) is 28.8 Å². The maximum Gasteiger partial charge on any atom is 0.242 e. The average Bonchev–Trinajstić information content (AvgIpc) is 4.04. The monoisotopic (exact) mass is 940 g/mol. The second-order valence-corrected chi connectivity index (χ2v) is 18.2. The van der Waals surface area contributed by atoms with Crippen LogP contribution in [0.1, 0.15) is 87.8 Å². The number of benzene rings is 3. The van der Waals surface area contributed by atoms with Crippen molar-refractivity contribution < 1.29 is 38.2 Å². The van der Waals surface area contributed by atoms with Gasteiger partial charge in [-0.15, -0.1) is 0 Å². The number of nitrogens with one attached hydrogen (secondary N) is 1. The molecule has 1 aliphatic carbocycles. The molecule has 1 fully saturated rings. The van der Waals surface area contributed by atoms with E-state index in [-0.39, 0.29) is 102 Å². The van der Waals surface area contributed by atoms with Crippen molar-refractivity contribution in [3.63, 3.8) is 0 Å². The van der Waals surface area contributed by atoms with Crippen LogP contribution in [0.4, 0.5) is 0 Å². The minimum atomic E-state index is -0.678. The number of nitrogens with zero attached hydrogens (tertiary/aromatic N) is 5. The van der Waals surface area contributed by atoms with E-state index < -0.39 is 23.6 Å². The molecule has 5 rings (SSSR count). The molecule has 1 aliphatic heterocycles. The minimum Gasteiger partial charge on any atom is -0.454 e. The van der Waals surface area contributed by atoms with Gasteiger partial charge < -0.3 is 56.5 Å². The third-order valence-electron chi connectivity index (χ3n) is 12.3. The van der Waals surface area contributed by atoms with E-state index in [0.717, 1.165) is 42.4 Å². The predicted molar refractivity (Wildman–Crippen MR) is 260 cm³/mol. The summed E-state index contributed by atoms with van der Waals surface area (Å²) in [5.74, 6) is -1.70. The summed E-state index contributed by atoms with van der Waals surface area (Å²) < 4.78 is 10.9. The Labute approximate surface area is 401 Å². The van der Waals surface area contributed by atoms with Crippen molar-refractivity contribution in [1.82, 2.24) is 29.8 Å². The van der Waals surface area contributed by atoms with E-state index in [0.29, 0.717) is 56.8 Å². The van der Waals surface area contributed by atoms with Gasteiger partial charge in [-0.05, 0) is 86.4 Å². The largest absolute Gasteiger partial charge is 0.454 e. The number of carbonyl (C=O) groups is 6. The van der Waals surface area contributed by atoms with E-state index >= 15 is 0 Å². The molecular formula is C51H73N9O8. The average molecular weight is 940 g/mol. The van der Waals surface area contributed by atoms with Gasteiger partial charge in [-0.1, -0.05) is 93.4 Å². The van der Waals surface area contributed by atoms with Crippen LogP contribution in [0.15, 0.2) is 78.9 Å². The molecule has 3 aromatic carbocycles. The number of fused-ring (bicyclic) bond motifs is 1. The Morgan fingerprint density at radius 3 is 1.69 bits per heavy atom. The van der Waals surface area contributed by atoms with Gasteiger partial charge in [0.05, 0.1) is 32.7 Å². The molecule has 7 N–H and O–H groups in total. The number of hydrogen-bond donors (Lipinski definition) is 4. The van der Waals surface area contributed by atoms with Crippen molar-refractivity contribution in [3.05, 3.63) is 95.6 Å². The fraction of sp³-hybridized carbons (Fsp3) is 0.529. The minimum absolute atomic E-state index is 0.00978. The molecule has 370 valence electrons. The first kappa shape index (κ1) is 52.9. The molecule has 17 heteroatoms. The van der Waals surface area contributed by atoms with Crippen LogP contribution in [0.3, 0.4) is 0 Å². The van der Waals surface area contributed by atoms with E-state index in [1.165, 1.54) is 19.6 Å². The Morgan fingerprint density at radius 1 is 0.618 bits per heavy atom. The number of ether oxygens (including phenoxy) is 2. The first-order chi connectivity index (χ1) is 32.9. The normalized spacial score (nSPS) is 13.1. The van der Waals surface area contributed by atoms with Gasteiger partial charge in [0.25, 0.3) is 0 Å². The second-order valence-electron chi connectivity index (χ2n) is 18.2. The quantitative estimate of drug-likeness (QED) is 0.0740. The van der Waals surface area contributed by atoms with Gasteiger partial charge in [0.1, 0.15) is 6.54 Å². The van der Waals surface area contributed by atoms with Crippen LogP contribution in [0.2, 0.25) is 0 Å². The van der Waals surface area contributed by atoms with Crippen molar-refractivity contribution in [1.29, 1.82) is 0 Å². The lowest BCUT2D eigenvalue weighted by molar-refractivity contribution is -0.148. The highest BCUT2D eigenvalue weighted by Gasteiger charge is 2.33. The van der Waals surface area contributed by atoms with Gasteiger partial charge >= 0.3 is 0 Å². The third-order valence-corrected chi connectivity index (χ3v) is 12.3. The molecule has 3 aromatic rings. The molecule has 17 nitrogen and oxygen atoms in total. The van der Waals surface area contributed by atoms with Crippen molar-refractivity contribution in [2.75, 3.05) is 85.3 Å². The van der Waals surface area contributed by atoms with E-state index in [1.54, 1.807) is 4.90 Å². The Bertz CT molecular complexity index is 2050. The summed E-state index contributed by atoms with van der Waals surface area (Å²) >= 11 is 0. The number of rotatable bonds is 29. The lowest BCUT2D eigenvalue weighted by Crippen LogP contribution is -2.53. The fourth-order valence-electron chi connectivity index (χ4n) is 8.75. The molecule has 0 bridgehead atoms. The molecule has 1 heterocycles. The van der Waals surface area contributed by atoms with Gasteiger partial charge in [-0.2, -0.15) is 0 Å². The summed E-state index contributed by atoms with van der Waals surface area (Å²) in [5.41, 5.74) is 19.8. The van der Waals surface area contributed by atoms with E-state index in [4.69, 9.17) is 26.7 Å². The molecule has 0 unspecified atom stereocenters. The Balaban J connectivity index is 1.40. The molecule has 0 radical (unpaired) electrons. The topological polar surface area (TPSA) is 227 Å². The van der Waals surface area contributed by atoms with E-state index in [9.17, 15) is 28.8 Å². The Kier molecular flexibility index (Phi) is 21.6. The van der Waals surface area contributed by atoms with Crippen LogP contribution < -0.4 is 32.0 Å². The van der Waals surface area contributed by atoms with Crippen molar-refractivity contribution in [3.8, 4) is 11.5 Å². The van der Waals surface area contributed by atoms with Crippen molar-refractivity contribution in [2.24, 2.45) is 23.1 Å². The first-order valence-corrected chi connectivity index (χ1v) is 24.1. The maximum atomic E-state index is 15.0. The Hall–Kier alpha value is -6.04. The molecule has 6 amide bonds. The number of nitrogens with two attached hydrogens (primary N) is 3. The summed E-state index contributed by atoms with van der Waals surface area (Å²) in [7, 11) is 0. The molecular weight excluding hydrogens is 867 g/mol. The maximum absolute atomic E-state index is 15.0. The van der Waals surface area contributed by atoms with Gasteiger partial charge in [0, 0.05) is 44.7 Å². The van der Waals surface area contributed by atoms with Gasteiger partial charge in [-0.25, -0.2) is 0 Å².